The van der Waals surface area contributed by atoms with E-state index >= 15 is 0 Å². The van der Waals surface area contributed by atoms with Crippen LogP contribution in [0.25, 0.3) is 5.65 Å². The summed E-state index contributed by atoms with van der Waals surface area (Å²) in [5, 5.41) is 13.8. The quantitative estimate of drug-likeness (QED) is 0.743. The molecule has 0 aliphatic rings. The Bertz CT molecular complexity index is 759. The molecule has 3 heterocycles. The topological polar surface area (TPSA) is 88.0 Å². The number of rotatable bonds is 3. The van der Waals surface area contributed by atoms with Gasteiger partial charge in [-0.05, 0) is 19.9 Å². The molecule has 0 fully saturated rings. The number of carbonyl (C=O) groups excluding carboxylic acids is 1. The third kappa shape index (κ3) is 2.13. The monoisotopic (exact) mass is 270 g/mol. The number of hydrogen-bond donors (Lipinski definition) is 2. The summed E-state index contributed by atoms with van der Waals surface area (Å²) in [5.41, 5.74) is 3.74. The summed E-state index contributed by atoms with van der Waals surface area (Å²) in [6, 6.07) is 3.69. The van der Waals surface area contributed by atoms with E-state index in [-0.39, 0.29) is 5.91 Å². The zero-order valence-electron chi connectivity index (χ0n) is 11.2. The number of nitrogens with one attached hydrogen (secondary N) is 2. The number of carbonyl (C=O) groups is 1. The molecule has 7 heteroatoms. The zero-order chi connectivity index (χ0) is 14.1. The van der Waals surface area contributed by atoms with Gasteiger partial charge < -0.3 is 5.32 Å². The van der Waals surface area contributed by atoms with Gasteiger partial charge >= 0.3 is 0 Å². The summed E-state index contributed by atoms with van der Waals surface area (Å²) < 4.78 is 1.68. The third-order valence-corrected chi connectivity index (χ3v) is 3.09. The molecular formula is C13H14N6O. The van der Waals surface area contributed by atoms with Crippen molar-refractivity contribution in [3.8, 4) is 0 Å². The van der Waals surface area contributed by atoms with Gasteiger partial charge in [0.2, 0.25) is 0 Å². The Balaban J connectivity index is 1.85. The Labute approximate surface area is 115 Å². The SMILES string of the molecule is Cc1cc2ncc(C(=O)NCc3ccn[nH]3)c(C)n2n1. The van der Waals surface area contributed by atoms with Crippen LogP contribution in [0.15, 0.2) is 24.5 Å². The average molecular weight is 270 g/mol. The molecule has 0 saturated heterocycles. The number of amides is 1. The molecule has 0 spiro atoms. The number of aromatic amines is 1. The van der Waals surface area contributed by atoms with Crippen LogP contribution >= 0.6 is 0 Å². The third-order valence-electron chi connectivity index (χ3n) is 3.09. The Kier molecular flexibility index (Phi) is 2.94. The predicted molar refractivity (Wildman–Crippen MR) is 72.2 cm³/mol. The van der Waals surface area contributed by atoms with Crippen LogP contribution in [0.3, 0.4) is 0 Å². The highest BCUT2D eigenvalue weighted by Gasteiger charge is 2.13. The first-order chi connectivity index (χ1) is 9.65. The second-order valence-corrected chi connectivity index (χ2v) is 4.58. The lowest BCUT2D eigenvalue weighted by Gasteiger charge is -2.07. The maximum absolute atomic E-state index is 12.2. The van der Waals surface area contributed by atoms with Gasteiger partial charge in [0.1, 0.15) is 0 Å². The average Bonchev–Trinajstić information content (AvgIpc) is 3.05. The summed E-state index contributed by atoms with van der Waals surface area (Å²) in [7, 11) is 0. The van der Waals surface area contributed by atoms with Gasteiger partial charge in [-0.15, -0.1) is 0 Å². The minimum Gasteiger partial charge on any atom is -0.346 e. The van der Waals surface area contributed by atoms with Gasteiger partial charge in [-0.2, -0.15) is 10.2 Å². The van der Waals surface area contributed by atoms with E-state index in [1.807, 2.05) is 26.0 Å². The highest BCUT2D eigenvalue weighted by Crippen LogP contribution is 2.11. The largest absolute Gasteiger partial charge is 0.346 e. The number of aromatic nitrogens is 5. The molecule has 20 heavy (non-hydrogen) atoms. The molecule has 3 rings (SSSR count). The number of hydrogen-bond acceptors (Lipinski definition) is 4. The molecule has 0 atom stereocenters. The van der Waals surface area contributed by atoms with Gasteiger partial charge in [-0.25, -0.2) is 9.50 Å². The predicted octanol–water partition coefficient (Wildman–Crippen LogP) is 0.999. The minimum absolute atomic E-state index is 0.181. The van der Waals surface area contributed by atoms with Crippen LogP contribution in [-0.2, 0) is 6.54 Å². The number of nitrogens with zero attached hydrogens (tertiary/aromatic N) is 4. The molecule has 0 bridgehead atoms. The van der Waals surface area contributed by atoms with E-state index in [4.69, 9.17) is 0 Å². The van der Waals surface area contributed by atoms with Gasteiger partial charge in [-0.3, -0.25) is 9.89 Å². The molecule has 0 aliphatic carbocycles. The van der Waals surface area contributed by atoms with E-state index < -0.39 is 0 Å². The highest BCUT2D eigenvalue weighted by atomic mass is 16.1. The molecule has 3 aromatic heterocycles. The molecule has 0 saturated carbocycles. The lowest BCUT2D eigenvalue weighted by molar-refractivity contribution is 0.0948. The lowest BCUT2D eigenvalue weighted by atomic mass is 10.2. The van der Waals surface area contributed by atoms with E-state index in [1.54, 1.807) is 16.9 Å². The van der Waals surface area contributed by atoms with Crippen molar-refractivity contribution in [1.82, 2.24) is 30.1 Å². The van der Waals surface area contributed by atoms with Gasteiger partial charge in [0, 0.05) is 18.5 Å². The van der Waals surface area contributed by atoms with E-state index in [0.717, 1.165) is 22.7 Å². The second kappa shape index (κ2) is 4.76. The Hall–Kier alpha value is -2.70. The van der Waals surface area contributed by atoms with Crippen LogP contribution in [0.5, 0.6) is 0 Å². The smallest absolute Gasteiger partial charge is 0.255 e. The first kappa shape index (κ1) is 12.3. The molecule has 3 aromatic rings. The second-order valence-electron chi connectivity index (χ2n) is 4.58. The molecule has 0 radical (unpaired) electrons. The standard InChI is InChI=1S/C13H14N6O/c1-8-5-12-14-7-11(9(2)19(12)18-8)13(20)15-6-10-3-4-16-17-10/h3-5,7H,6H2,1-2H3,(H,15,20)(H,16,17). The summed E-state index contributed by atoms with van der Waals surface area (Å²) in [4.78, 5) is 16.4. The van der Waals surface area contributed by atoms with Crippen LogP contribution in [0.2, 0.25) is 0 Å². The van der Waals surface area contributed by atoms with Crippen LogP contribution < -0.4 is 5.32 Å². The van der Waals surface area contributed by atoms with Crippen molar-refractivity contribution in [2.75, 3.05) is 0 Å². The molecule has 0 unspecified atom stereocenters. The Morgan fingerprint density at radius 2 is 2.30 bits per heavy atom. The van der Waals surface area contributed by atoms with Crippen LogP contribution in [0.1, 0.15) is 27.4 Å². The summed E-state index contributed by atoms with van der Waals surface area (Å²) in [6.07, 6.45) is 3.22. The van der Waals surface area contributed by atoms with E-state index in [1.165, 1.54) is 0 Å². The van der Waals surface area contributed by atoms with E-state index in [2.05, 4.69) is 25.6 Å². The minimum atomic E-state index is -0.181. The maximum Gasteiger partial charge on any atom is 0.255 e. The summed E-state index contributed by atoms with van der Waals surface area (Å²) in [5.74, 6) is -0.181. The van der Waals surface area contributed by atoms with Crippen LogP contribution in [0.4, 0.5) is 0 Å². The van der Waals surface area contributed by atoms with Crippen molar-refractivity contribution in [3.05, 3.63) is 47.2 Å². The lowest BCUT2D eigenvalue weighted by Crippen LogP contribution is -2.25. The van der Waals surface area contributed by atoms with Gasteiger partial charge in [-0.1, -0.05) is 0 Å². The maximum atomic E-state index is 12.2. The summed E-state index contributed by atoms with van der Waals surface area (Å²) in [6.45, 7) is 4.15. The zero-order valence-corrected chi connectivity index (χ0v) is 11.2. The van der Waals surface area contributed by atoms with Gasteiger partial charge in [0.15, 0.2) is 5.65 Å². The highest BCUT2D eigenvalue weighted by molar-refractivity contribution is 5.95. The van der Waals surface area contributed by atoms with Crippen molar-refractivity contribution < 1.29 is 4.79 Å². The number of fused-ring (bicyclic) bond motifs is 1. The fraction of sp³-hybridized carbons (Fsp3) is 0.231. The van der Waals surface area contributed by atoms with E-state index in [9.17, 15) is 4.79 Å². The number of aryl methyl sites for hydroxylation is 2. The molecule has 0 aliphatic heterocycles. The van der Waals surface area contributed by atoms with Gasteiger partial charge in [0.05, 0.1) is 29.2 Å². The van der Waals surface area contributed by atoms with Crippen molar-refractivity contribution in [1.29, 1.82) is 0 Å². The first-order valence-electron chi connectivity index (χ1n) is 6.23. The van der Waals surface area contributed by atoms with Crippen LogP contribution in [-0.4, -0.2) is 30.7 Å². The Morgan fingerprint density at radius 3 is 3.05 bits per heavy atom. The summed E-state index contributed by atoms with van der Waals surface area (Å²) >= 11 is 0. The van der Waals surface area contributed by atoms with Crippen LogP contribution in [0, 0.1) is 13.8 Å². The van der Waals surface area contributed by atoms with Crippen molar-refractivity contribution in [2.24, 2.45) is 0 Å². The molecule has 102 valence electrons. The van der Waals surface area contributed by atoms with Crippen molar-refractivity contribution in [2.45, 2.75) is 20.4 Å². The van der Waals surface area contributed by atoms with E-state index in [0.29, 0.717) is 12.1 Å². The molecule has 2 N–H and O–H groups in total. The fourth-order valence-electron chi connectivity index (χ4n) is 2.04. The number of H-pyrrole nitrogens is 1. The van der Waals surface area contributed by atoms with Crippen molar-refractivity contribution in [3.63, 3.8) is 0 Å². The first-order valence-corrected chi connectivity index (χ1v) is 6.23. The fourth-order valence-corrected chi connectivity index (χ4v) is 2.04. The van der Waals surface area contributed by atoms with Crippen molar-refractivity contribution >= 4 is 11.6 Å². The Morgan fingerprint density at radius 1 is 1.45 bits per heavy atom. The normalized spacial score (nSPS) is 10.9. The van der Waals surface area contributed by atoms with Gasteiger partial charge in [0.25, 0.3) is 5.91 Å². The molecule has 7 nitrogen and oxygen atoms in total. The molecular weight excluding hydrogens is 256 g/mol. The molecule has 0 aromatic carbocycles. The molecule has 1 amide bonds.